The summed E-state index contributed by atoms with van der Waals surface area (Å²) >= 11 is 0. The summed E-state index contributed by atoms with van der Waals surface area (Å²) in [5.74, 6) is -0.473. The van der Waals surface area contributed by atoms with Crippen LogP contribution in [0.4, 0.5) is 4.79 Å². The van der Waals surface area contributed by atoms with Gasteiger partial charge in [-0.15, -0.1) is 0 Å². The van der Waals surface area contributed by atoms with Crippen molar-refractivity contribution < 1.29 is 14.7 Å². The quantitative estimate of drug-likeness (QED) is 0.519. The van der Waals surface area contributed by atoms with Crippen molar-refractivity contribution in [3.63, 3.8) is 0 Å². The number of nitrogens with one attached hydrogen (secondary N) is 2. The zero-order valence-electron chi connectivity index (χ0n) is 13.4. The smallest absolute Gasteiger partial charge is 0.408 e. The number of hydrogen-bond donors (Lipinski definition) is 3. The highest BCUT2D eigenvalue weighted by atomic mass is 16.4. The van der Waals surface area contributed by atoms with Gasteiger partial charge in [-0.1, -0.05) is 19.6 Å². The van der Waals surface area contributed by atoms with E-state index in [0.29, 0.717) is 12.1 Å². The largest absolute Gasteiger partial charge is 0.465 e. The van der Waals surface area contributed by atoms with E-state index in [4.69, 9.17) is 5.41 Å². The normalized spacial score (nSPS) is 13.3. The zero-order valence-corrected chi connectivity index (χ0v) is 13.4. The lowest BCUT2D eigenvalue weighted by Crippen LogP contribution is -2.55. The number of carboxylic acid groups (broad SMARTS) is 1. The minimum atomic E-state index is -1.16. The van der Waals surface area contributed by atoms with Gasteiger partial charge in [-0.25, -0.2) is 4.79 Å². The minimum Gasteiger partial charge on any atom is -0.465 e. The summed E-state index contributed by atoms with van der Waals surface area (Å²) in [4.78, 5) is 24.7. The molecule has 0 aromatic heterocycles. The molecule has 0 spiro atoms. The molecule has 0 radical (unpaired) electrons. The highest BCUT2D eigenvalue weighted by Crippen LogP contribution is 2.17. The second-order valence-electron chi connectivity index (χ2n) is 5.64. The molecule has 118 valence electrons. The van der Waals surface area contributed by atoms with E-state index in [1.165, 1.54) is 19.1 Å². The predicted octanol–water partition coefficient (Wildman–Crippen LogP) is 2.77. The second-order valence-corrected chi connectivity index (χ2v) is 5.64. The monoisotopic (exact) mass is 295 g/mol. The van der Waals surface area contributed by atoms with Crippen LogP contribution in [0.5, 0.6) is 0 Å². The van der Waals surface area contributed by atoms with Gasteiger partial charge in [0, 0.05) is 5.54 Å². The lowest BCUT2D eigenvalue weighted by atomic mass is 10.0. The molecule has 0 rings (SSSR count). The van der Waals surface area contributed by atoms with Gasteiger partial charge < -0.3 is 15.8 Å². The van der Waals surface area contributed by atoms with Crippen LogP contribution in [-0.4, -0.2) is 39.3 Å². The Labute approximate surface area is 126 Å². The third kappa shape index (κ3) is 5.41. The van der Waals surface area contributed by atoms with Crippen LogP contribution in [0.3, 0.4) is 0 Å². The molecule has 2 amide bonds. The summed E-state index contributed by atoms with van der Waals surface area (Å²) < 4.78 is 0. The average Bonchev–Trinajstić information content (AvgIpc) is 2.34. The molecule has 6 nitrogen and oxygen atoms in total. The molecular formula is C15H25N3O3. The van der Waals surface area contributed by atoms with Gasteiger partial charge in [0.2, 0.25) is 5.91 Å². The van der Waals surface area contributed by atoms with Gasteiger partial charge in [0.1, 0.15) is 6.04 Å². The van der Waals surface area contributed by atoms with E-state index < -0.39 is 23.6 Å². The van der Waals surface area contributed by atoms with Gasteiger partial charge in [-0.3, -0.25) is 9.69 Å². The number of carbonyl (C=O) groups is 2. The van der Waals surface area contributed by atoms with Crippen LogP contribution in [0.15, 0.2) is 24.4 Å². The molecule has 0 aliphatic heterocycles. The van der Waals surface area contributed by atoms with Crippen LogP contribution in [0.25, 0.3) is 0 Å². The van der Waals surface area contributed by atoms with Gasteiger partial charge in [-0.2, -0.15) is 0 Å². The first-order valence-electron chi connectivity index (χ1n) is 6.79. The number of allylic oxidation sites excluding steroid dienone is 3. The highest BCUT2D eigenvalue weighted by molar-refractivity contribution is 6.01. The average molecular weight is 295 g/mol. The molecule has 0 bridgehead atoms. The predicted molar refractivity (Wildman–Crippen MR) is 83.5 cm³/mol. The van der Waals surface area contributed by atoms with Crippen LogP contribution in [0.1, 0.15) is 41.0 Å². The van der Waals surface area contributed by atoms with Gasteiger partial charge in [0.05, 0.1) is 11.4 Å². The second kappa shape index (κ2) is 7.61. The number of rotatable bonds is 6. The van der Waals surface area contributed by atoms with Crippen molar-refractivity contribution in [2.24, 2.45) is 0 Å². The maximum Gasteiger partial charge on any atom is 0.408 e. The van der Waals surface area contributed by atoms with Crippen molar-refractivity contribution >= 4 is 17.7 Å². The van der Waals surface area contributed by atoms with E-state index in [1.54, 1.807) is 27.7 Å². The zero-order chi connectivity index (χ0) is 16.8. The fourth-order valence-electron chi connectivity index (χ4n) is 1.91. The molecule has 0 saturated carbocycles. The minimum absolute atomic E-state index is 0.257. The first kappa shape index (κ1) is 18.9. The fourth-order valence-corrected chi connectivity index (χ4v) is 1.91. The third-order valence-corrected chi connectivity index (χ3v) is 2.92. The molecule has 0 saturated heterocycles. The number of amides is 2. The van der Waals surface area contributed by atoms with Gasteiger partial charge in [0.15, 0.2) is 0 Å². The first-order chi connectivity index (χ1) is 9.56. The van der Waals surface area contributed by atoms with Crippen molar-refractivity contribution in [1.82, 2.24) is 10.2 Å². The topological polar surface area (TPSA) is 93.5 Å². The maximum absolute atomic E-state index is 12.3. The van der Waals surface area contributed by atoms with Gasteiger partial charge >= 0.3 is 6.09 Å². The Morgan fingerprint density at radius 3 is 2.29 bits per heavy atom. The Bertz CT molecular complexity index is 461. The Hall–Kier alpha value is -2.11. The van der Waals surface area contributed by atoms with Gasteiger partial charge in [0.25, 0.3) is 0 Å². The van der Waals surface area contributed by atoms with Crippen molar-refractivity contribution in [2.75, 3.05) is 0 Å². The van der Waals surface area contributed by atoms with E-state index >= 15 is 0 Å². The lowest BCUT2D eigenvalue weighted by Gasteiger charge is -2.37. The fraction of sp³-hybridized carbons (Fsp3) is 0.533. The molecule has 0 heterocycles. The summed E-state index contributed by atoms with van der Waals surface area (Å²) in [5, 5.41) is 19.7. The van der Waals surface area contributed by atoms with Crippen LogP contribution in [-0.2, 0) is 4.79 Å². The standard InChI is InChI=1S/C15H25N3O3/c1-7-9-12(11(16)8-2)17-13(19)10(3)18(14(20)21)15(4,5)6/h7,9-10,16H,1,8H2,2-6H3,(H,17,19)(H,20,21). The molecule has 1 unspecified atom stereocenters. The Balaban J connectivity index is 5.23. The van der Waals surface area contributed by atoms with Crippen molar-refractivity contribution in [3.8, 4) is 0 Å². The molecular weight excluding hydrogens is 270 g/mol. The van der Waals surface area contributed by atoms with Gasteiger partial charge in [-0.05, 0) is 40.2 Å². The summed E-state index contributed by atoms with van der Waals surface area (Å²) in [6, 6.07) is -0.875. The maximum atomic E-state index is 12.3. The van der Waals surface area contributed by atoms with E-state index in [0.717, 1.165) is 4.90 Å². The summed E-state index contributed by atoms with van der Waals surface area (Å²) in [5.41, 5.74) is -0.111. The SMILES string of the molecule is C=CC=C(NC(=O)C(C)N(C(=O)O)C(C)(C)C)C(=N)CC. The van der Waals surface area contributed by atoms with Crippen molar-refractivity contribution in [2.45, 2.75) is 52.6 Å². The van der Waals surface area contributed by atoms with E-state index in [9.17, 15) is 14.7 Å². The molecule has 21 heavy (non-hydrogen) atoms. The molecule has 0 aromatic carbocycles. The summed E-state index contributed by atoms with van der Waals surface area (Å²) in [7, 11) is 0. The van der Waals surface area contributed by atoms with Crippen molar-refractivity contribution in [1.29, 1.82) is 5.41 Å². The van der Waals surface area contributed by atoms with Crippen LogP contribution in [0.2, 0.25) is 0 Å². The molecule has 0 aliphatic rings. The third-order valence-electron chi connectivity index (χ3n) is 2.92. The molecule has 1 atom stereocenters. The highest BCUT2D eigenvalue weighted by Gasteiger charge is 2.34. The van der Waals surface area contributed by atoms with E-state index in [-0.39, 0.29) is 5.71 Å². The molecule has 0 aromatic rings. The number of nitrogens with zero attached hydrogens (tertiary/aromatic N) is 1. The van der Waals surface area contributed by atoms with Crippen LogP contribution < -0.4 is 5.32 Å². The number of hydrogen-bond acceptors (Lipinski definition) is 3. The van der Waals surface area contributed by atoms with E-state index in [1.807, 2.05) is 0 Å². The van der Waals surface area contributed by atoms with Crippen LogP contribution in [0, 0.1) is 5.41 Å². The van der Waals surface area contributed by atoms with E-state index in [2.05, 4.69) is 11.9 Å². The summed E-state index contributed by atoms with van der Waals surface area (Å²) in [6.45, 7) is 12.0. The molecule has 0 fully saturated rings. The molecule has 0 aliphatic carbocycles. The molecule has 6 heteroatoms. The lowest BCUT2D eigenvalue weighted by molar-refractivity contribution is -0.126. The van der Waals surface area contributed by atoms with Crippen LogP contribution >= 0.6 is 0 Å². The molecule has 3 N–H and O–H groups in total. The van der Waals surface area contributed by atoms with Crippen molar-refractivity contribution in [3.05, 3.63) is 24.4 Å². The Morgan fingerprint density at radius 1 is 1.43 bits per heavy atom. The Kier molecular flexibility index (Phi) is 6.85. The first-order valence-corrected chi connectivity index (χ1v) is 6.79. The summed E-state index contributed by atoms with van der Waals surface area (Å²) in [6.07, 6.45) is 2.29. The Morgan fingerprint density at radius 2 is 1.95 bits per heavy atom. The number of carbonyl (C=O) groups excluding carboxylic acids is 1.